The van der Waals surface area contributed by atoms with Crippen LogP contribution in [0.3, 0.4) is 0 Å². The lowest BCUT2D eigenvalue weighted by Crippen LogP contribution is -2.20. The fourth-order valence-electron chi connectivity index (χ4n) is 1.53. The molecule has 4 heteroatoms. The summed E-state index contributed by atoms with van der Waals surface area (Å²) < 4.78 is 14.4. The SMILES string of the molecule is N[C@H]1CSCc2c(Br)ccc(F)c21. The standard InChI is InChI=1S/C9H9BrFNS/c10-6-1-2-7(11)9-5(6)3-13-4-8(9)12/h1-2,8H,3-4,12H2/t8-/m0/s1. The van der Waals surface area contributed by atoms with Gasteiger partial charge < -0.3 is 5.73 Å². The number of rotatable bonds is 0. The Morgan fingerprint density at radius 2 is 2.31 bits per heavy atom. The maximum atomic E-state index is 13.4. The van der Waals surface area contributed by atoms with Gasteiger partial charge in [-0.15, -0.1) is 0 Å². The van der Waals surface area contributed by atoms with E-state index in [9.17, 15) is 4.39 Å². The van der Waals surface area contributed by atoms with Crippen molar-refractivity contribution in [2.45, 2.75) is 11.8 Å². The molecule has 0 bridgehead atoms. The second-order valence-electron chi connectivity index (χ2n) is 3.04. The molecule has 0 saturated carbocycles. The van der Waals surface area contributed by atoms with E-state index in [1.165, 1.54) is 6.07 Å². The van der Waals surface area contributed by atoms with E-state index in [2.05, 4.69) is 15.9 Å². The second kappa shape index (κ2) is 3.59. The van der Waals surface area contributed by atoms with Crippen molar-refractivity contribution < 1.29 is 4.39 Å². The van der Waals surface area contributed by atoms with Gasteiger partial charge in [-0.3, -0.25) is 0 Å². The third-order valence-corrected chi connectivity index (χ3v) is 3.99. The highest BCUT2D eigenvalue weighted by Crippen LogP contribution is 2.36. The molecule has 1 aliphatic rings. The molecule has 1 atom stereocenters. The molecule has 0 unspecified atom stereocenters. The van der Waals surface area contributed by atoms with Gasteiger partial charge in [-0.2, -0.15) is 11.8 Å². The van der Waals surface area contributed by atoms with Crippen molar-refractivity contribution in [1.29, 1.82) is 0 Å². The number of thioether (sulfide) groups is 1. The Morgan fingerprint density at radius 3 is 3.00 bits per heavy atom. The van der Waals surface area contributed by atoms with Crippen molar-refractivity contribution in [3.63, 3.8) is 0 Å². The van der Waals surface area contributed by atoms with E-state index in [-0.39, 0.29) is 11.9 Å². The summed E-state index contributed by atoms with van der Waals surface area (Å²) >= 11 is 5.15. The molecule has 0 fully saturated rings. The second-order valence-corrected chi connectivity index (χ2v) is 4.93. The zero-order valence-electron chi connectivity index (χ0n) is 6.89. The van der Waals surface area contributed by atoms with Crippen LogP contribution >= 0.6 is 27.7 Å². The Balaban J connectivity index is 2.60. The van der Waals surface area contributed by atoms with Gasteiger partial charge >= 0.3 is 0 Å². The summed E-state index contributed by atoms with van der Waals surface area (Å²) in [6.07, 6.45) is 0. The Hall–Kier alpha value is -0.0600. The van der Waals surface area contributed by atoms with Crippen LogP contribution in [0.25, 0.3) is 0 Å². The molecule has 1 nitrogen and oxygen atoms in total. The molecular formula is C9H9BrFNS. The number of halogens is 2. The van der Waals surface area contributed by atoms with Gasteiger partial charge in [-0.05, 0) is 17.7 Å². The van der Waals surface area contributed by atoms with Crippen LogP contribution in [0.4, 0.5) is 4.39 Å². The van der Waals surface area contributed by atoms with Crippen LogP contribution in [0.1, 0.15) is 17.2 Å². The van der Waals surface area contributed by atoms with E-state index in [1.54, 1.807) is 17.8 Å². The summed E-state index contributed by atoms with van der Waals surface area (Å²) in [6, 6.07) is 3.05. The molecule has 70 valence electrons. The minimum Gasteiger partial charge on any atom is -0.323 e. The fourth-order valence-corrected chi connectivity index (χ4v) is 3.25. The van der Waals surface area contributed by atoms with E-state index in [0.717, 1.165) is 21.5 Å². The highest BCUT2D eigenvalue weighted by atomic mass is 79.9. The first kappa shape index (κ1) is 9.49. The number of fused-ring (bicyclic) bond motifs is 1. The van der Waals surface area contributed by atoms with Crippen LogP contribution < -0.4 is 5.73 Å². The predicted octanol–water partition coefficient (Wildman–Crippen LogP) is 2.83. The molecule has 0 radical (unpaired) electrons. The molecule has 2 N–H and O–H groups in total. The minimum atomic E-state index is -0.175. The molecule has 1 aromatic rings. The maximum absolute atomic E-state index is 13.4. The summed E-state index contributed by atoms with van der Waals surface area (Å²) in [7, 11) is 0. The number of nitrogens with two attached hydrogens (primary N) is 1. The first-order valence-corrected chi connectivity index (χ1v) is 5.95. The quantitative estimate of drug-likeness (QED) is 0.778. The van der Waals surface area contributed by atoms with E-state index in [1.807, 2.05) is 0 Å². The van der Waals surface area contributed by atoms with Gasteiger partial charge in [0.15, 0.2) is 0 Å². The first-order chi connectivity index (χ1) is 6.20. The summed E-state index contributed by atoms with van der Waals surface area (Å²) in [5.41, 5.74) is 7.54. The topological polar surface area (TPSA) is 26.0 Å². The lowest BCUT2D eigenvalue weighted by atomic mass is 10.0. The average Bonchev–Trinajstić information content (AvgIpc) is 2.12. The average molecular weight is 262 g/mol. The fraction of sp³-hybridized carbons (Fsp3) is 0.333. The molecule has 0 aromatic heterocycles. The summed E-state index contributed by atoms with van der Waals surface area (Å²) in [5.74, 6) is 1.48. The van der Waals surface area contributed by atoms with Crippen LogP contribution in [0.15, 0.2) is 16.6 Å². The summed E-state index contributed by atoms with van der Waals surface area (Å²) in [6.45, 7) is 0. The molecule has 1 heterocycles. The summed E-state index contributed by atoms with van der Waals surface area (Å²) in [5, 5.41) is 0. The van der Waals surface area contributed by atoms with Crippen molar-refractivity contribution in [3.8, 4) is 0 Å². The predicted molar refractivity (Wildman–Crippen MR) is 57.2 cm³/mol. The smallest absolute Gasteiger partial charge is 0.128 e. The third kappa shape index (κ3) is 1.63. The molecule has 0 saturated heterocycles. The van der Waals surface area contributed by atoms with Gasteiger partial charge in [0.25, 0.3) is 0 Å². The lowest BCUT2D eigenvalue weighted by molar-refractivity contribution is 0.589. The number of benzene rings is 1. The van der Waals surface area contributed by atoms with Crippen LogP contribution in [-0.2, 0) is 5.75 Å². The zero-order valence-corrected chi connectivity index (χ0v) is 9.29. The van der Waals surface area contributed by atoms with Gasteiger partial charge in [-0.25, -0.2) is 4.39 Å². The van der Waals surface area contributed by atoms with E-state index < -0.39 is 0 Å². The summed E-state index contributed by atoms with van der Waals surface area (Å²) in [4.78, 5) is 0. The van der Waals surface area contributed by atoms with E-state index in [4.69, 9.17) is 5.73 Å². The normalized spacial score (nSPS) is 21.3. The molecule has 13 heavy (non-hydrogen) atoms. The van der Waals surface area contributed by atoms with Crippen LogP contribution in [0.2, 0.25) is 0 Å². The molecule has 2 rings (SSSR count). The van der Waals surface area contributed by atoms with Gasteiger partial charge in [0, 0.05) is 27.6 Å². The van der Waals surface area contributed by atoms with Crippen molar-refractivity contribution in [2.24, 2.45) is 5.73 Å². The maximum Gasteiger partial charge on any atom is 0.128 e. The van der Waals surface area contributed by atoms with Crippen molar-refractivity contribution in [3.05, 3.63) is 33.5 Å². The van der Waals surface area contributed by atoms with Crippen LogP contribution in [0, 0.1) is 5.82 Å². The Morgan fingerprint density at radius 1 is 1.54 bits per heavy atom. The first-order valence-electron chi connectivity index (χ1n) is 4.00. The van der Waals surface area contributed by atoms with Crippen molar-refractivity contribution in [1.82, 2.24) is 0 Å². The minimum absolute atomic E-state index is 0.161. The zero-order chi connectivity index (χ0) is 9.42. The number of hydrogen-bond acceptors (Lipinski definition) is 2. The molecule has 0 amide bonds. The lowest BCUT2D eigenvalue weighted by Gasteiger charge is -2.23. The largest absolute Gasteiger partial charge is 0.323 e. The van der Waals surface area contributed by atoms with Gasteiger partial charge in [0.05, 0.1) is 0 Å². The van der Waals surface area contributed by atoms with E-state index in [0.29, 0.717) is 5.56 Å². The Bertz CT molecular complexity index is 343. The molecular weight excluding hydrogens is 253 g/mol. The Labute approximate surface area is 89.0 Å². The van der Waals surface area contributed by atoms with Crippen LogP contribution in [0.5, 0.6) is 0 Å². The third-order valence-electron chi connectivity index (χ3n) is 2.16. The van der Waals surface area contributed by atoms with Gasteiger partial charge in [-0.1, -0.05) is 15.9 Å². The van der Waals surface area contributed by atoms with Crippen molar-refractivity contribution >= 4 is 27.7 Å². The monoisotopic (exact) mass is 261 g/mol. The van der Waals surface area contributed by atoms with Gasteiger partial charge in [0.1, 0.15) is 5.82 Å². The number of hydrogen-bond donors (Lipinski definition) is 1. The Kier molecular flexibility index (Phi) is 2.62. The van der Waals surface area contributed by atoms with Gasteiger partial charge in [0.2, 0.25) is 0 Å². The van der Waals surface area contributed by atoms with Crippen molar-refractivity contribution in [2.75, 3.05) is 5.75 Å². The highest BCUT2D eigenvalue weighted by molar-refractivity contribution is 9.10. The molecule has 0 aliphatic carbocycles. The molecule has 1 aliphatic heterocycles. The highest BCUT2D eigenvalue weighted by Gasteiger charge is 2.22. The molecule has 0 spiro atoms. The molecule has 1 aromatic carbocycles. The van der Waals surface area contributed by atoms with E-state index >= 15 is 0 Å². The van der Waals surface area contributed by atoms with Crippen LogP contribution in [-0.4, -0.2) is 5.75 Å².